The summed E-state index contributed by atoms with van der Waals surface area (Å²) in [6.07, 6.45) is 8.60. The first-order valence-electron chi connectivity index (χ1n) is 6.00. The van der Waals surface area contributed by atoms with Crippen LogP contribution >= 0.6 is 0 Å². The smallest absolute Gasteiger partial charge is 0.146 e. The molecule has 1 saturated carbocycles. The molecule has 0 bridgehead atoms. The third kappa shape index (κ3) is 2.78. The van der Waals surface area contributed by atoms with Crippen LogP contribution in [0.5, 0.6) is 0 Å². The third-order valence-corrected chi connectivity index (χ3v) is 3.19. The van der Waals surface area contributed by atoms with E-state index in [4.69, 9.17) is 0 Å². The zero-order chi connectivity index (χ0) is 10.5. The van der Waals surface area contributed by atoms with E-state index in [1.54, 1.807) is 6.33 Å². The van der Waals surface area contributed by atoms with E-state index in [9.17, 15) is 0 Å². The molecule has 1 heterocycles. The van der Waals surface area contributed by atoms with Crippen LogP contribution in [-0.4, -0.2) is 20.8 Å². The Hall–Kier alpha value is -0.900. The quantitative estimate of drug-likeness (QED) is 0.819. The summed E-state index contributed by atoms with van der Waals surface area (Å²) in [5.41, 5.74) is 0. The van der Waals surface area contributed by atoms with Gasteiger partial charge < -0.3 is 9.88 Å². The fourth-order valence-electron chi connectivity index (χ4n) is 2.22. The Morgan fingerprint density at radius 3 is 2.93 bits per heavy atom. The van der Waals surface area contributed by atoms with Crippen molar-refractivity contribution < 1.29 is 0 Å². The predicted octanol–water partition coefficient (Wildman–Crippen LogP) is 1.72. The molecule has 15 heavy (non-hydrogen) atoms. The van der Waals surface area contributed by atoms with Crippen molar-refractivity contribution >= 4 is 0 Å². The van der Waals surface area contributed by atoms with Crippen molar-refractivity contribution in [3.63, 3.8) is 0 Å². The van der Waals surface area contributed by atoms with Crippen molar-refractivity contribution in [3.05, 3.63) is 12.2 Å². The van der Waals surface area contributed by atoms with Crippen molar-refractivity contribution in [1.29, 1.82) is 0 Å². The molecule has 1 fully saturated rings. The first-order valence-corrected chi connectivity index (χ1v) is 6.00. The molecule has 1 aromatic heterocycles. The van der Waals surface area contributed by atoms with Gasteiger partial charge in [0.1, 0.15) is 12.2 Å². The van der Waals surface area contributed by atoms with Gasteiger partial charge in [0.25, 0.3) is 0 Å². The number of hydrogen-bond acceptors (Lipinski definition) is 3. The van der Waals surface area contributed by atoms with E-state index in [0.29, 0.717) is 6.04 Å². The molecule has 1 aliphatic carbocycles. The molecule has 2 rings (SSSR count). The summed E-state index contributed by atoms with van der Waals surface area (Å²) >= 11 is 0. The summed E-state index contributed by atoms with van der Waals surface area (Å²) in [5, 5.41) is 11.6. The maximum Gasteiger partial charge on any atom is 0.146 e. The molecule has 0 spiro atoms. The van der Waals surface area contributed by atoms with Gasteiger partial charge in [0, 0.05) is 12.6 Å². The molecule has 4 heteroatoms. The predicted molar refractivity (Wildman–Crippen MR) is 59.4 cm³/mol. The number of aromatic nitrogens is 3. The average Bonchev–Trinajstić information content (AvgIpc) is 2.75. The van der Waals surface area contributed by atoms with Gasteiger partial charge >= 0.3 is 0 Å². The lowest BCUT2D eigenvalue weighted by Crippen LogP contribution is -2.31. The van der Waals surface area contributed by atoms with E-state index >= 15 is 0 Å². The van der Waals surface area contributed by atoms with Crippen LogP contribution in [0.25, 0.3) is 0 Å². The van der Waals surface area contributed by atoms with Gasteiger partial charge in [-0.25, -0.2) is 0 Å². The molecule has 1 aromatic rings. The fraction of sp³-hybridized carbons (Fsp3) is 0.818. The van der Waals surface area contributed by atoms with Gasteiger partial charge in [0.2, 0.25) is 0 Å². The number of rotatable bonds is 4. The van der Waals surface area contributed by atoms with E-state index in [1.807, 2.05) is 0 Å². The van der Waals surface area contributed by atoms with Crippen LogP contribution in [0, 0.1) is 0 Å². The molecule has 0 amide bonds. The van der Waals surface area contributed by atoms with E-state index in [-0.39, 0.29) is 0 Å². The largest absolute Gasteiger partial charge is 0.317 e. The molecule has 0 atom stereocenters. The van der Waals surface area contributed by atoms with Crippen molar-refractivity contribution in [2.24, 2.45) is 0 Å². The number of aryl methyl sites for hydroxylation is 1. The van der Waals surface area contributed by atoms with Crippen LogP contribution in [0.3, 0.4) is 0 Å². The molecule has 1 aliphatic rings. The monoisotopic (exact) mass is 208 g/mol. The molecule has 0 radical (unpaired) electrons. The fourth-order valence-corrected chi connectivity index (χ4v) is 2.22. The Bertz CT molecular complexity index is 289. The second kappa shape index (κ2) is 5.26. The van der Waals surface area contributed by atoms with Crippen molar-refractivity contribution in [2.45, 2.75) is 58.2 Å². The standard InChI is InChI=1S/C11H20N4/c1-2-15-9-13-14-11(15)8-12-10-6-4-3-5-7-10/h9-10,12H,2-8H2,1H3. The van der Waals surface area contributed by atoms with Gasteiger partial charge in [-0.3, -0.25) is 0 Å². The Morgan fingerprint density at radius 2 is 2.20 bits per heavy atom. The van der Waals surface area contributed by atoms with Crippen LogP contribution in [0.1, 0.15) is 44.9 Å². The van der Waals surface area contributed by atoms with E-state index in [2.05, 4.69) is 27.0 Å². The number of hydrogen-bond donors (Lipinski definition) is 1. The maximum atomic E-state index is 4.12. The van der Waals surface area contributed by atoms with Gasteiger partial charge in [0.05, 0.1) is 6.54 Å². The second-order valence-electron chi connectivity index (χ2n) is 4.25. The number of nitrogens with one attached hydrogen (secondary N) is 1. The van der Waals surface area contributed by atoms with Crippen LogP contribution in [0.15, 0.2) is 6.33 Å². The second-order valence-corrected chi connectivity index (χ2v) is 4.25. The molecule has 1 N–H and O–H groups in total. The molecule has 0 aliphatic heterocycles. The highest BCUT2D eigenvalue weighted by molar-refractivity contribution is 4.86. The third-order valence-electron chi connectivity index (χ3n) is 3.19. The van der Waals surface area contributed by atoms with Crippen LogP contribution in [-0.2, 0) is 13.1 Å². The molecule has 4 nitrogen and oxygen atoms in total. The summed E-state index contributed by atoms with van der Waals surface area (Å²) in [7, 11) is 0. The molecular formula is C11H20N4. The zero-order valence-corrected chi connectivity index (χ0v) is 9.45. The first kappa shape index (κ1) is 10.6. The minimum Gasteiger partial charge on any atom is -0.317 e. The summed E-state index contributed by atoms with van der Waals surface area (Å²) < 4.78 is 2.09. The summed E-state index contributed by atoms with van der Waals surface area (Å²) in [5.74, 6) is 1.06. The average molecular weight is 208 g/mol. The molecule has 0 aromatic carbocycles. The maximum absolute atomic E-state index is 4.12. The summed E-state index contributed by atoms with van der Waals surface area (Å²) in [6, 6.07) is 0.695. The van der Waals surface area contributed by atoms with Crippen LogP contribution < -0.4 is 5.32 Å². The SMILES string of the molecule is CCn1cnnc1CNC1CCCCC1. The van der Waals surface area contributed by atoms with Gasteiger partial charge in [-0.2, -0.15) is 0 Å². The molecule has 0 saturated heterocycles. The van der Waals surface area contributed by atoms with E-state index in [0.717, 1.165) is 18.9 Å². The van der Waals surface area contributed by atoms with Gasteiger partial charge in [-0.05, 0) is 19.8 Å². The lowest BCUT2D eigenvalue weighted by molar-refractivity contribution is 0.367. The van der Waals surface area contributed by atoms with Crippen molar-refractivity contribution in [3.8, 4) is 0 Å². The zero-order valence-electron chi connectivity index (χ0n) is 9.45. The number of nitrogens with zero attached hydrogens (tertiary/aromatic N) is 3. The van der Waals surface area contributed by atoms with E-state index < -0.39 is 0 Å². The van der Waals surface area contributed by atoms with Gasteiger partial charge in [0.15, 0.2) is 0 Å². The Kier molecular flexibility index (Phi) is 3.72. The highest BCUT2D eigenvalue weighted by Gasteiger charge is 2.13. The van der Waals surface area contributed by atoms with Gasteiger partial charge in [-0.1, -0.05) is 19.3 Å². The summed E-state index contributed by atoms with van der Waals surface area (Å²) in [4.78, 5) is 0. The highest BCUT2D eigenvalue weighted by Crippen LogP contribution is 2.17. The van der Waals surface area contributed by atoms with Gasteiger partial charge in [-0.15, -0.1) is 10.2 Å². The Morgan fingerprint density at radius 1 is 1.40 bits per heavy atom. The lowest BCUT2D eigenvalue weighted by atomic mass is 9.95. The normalized spacial score (nSPS) is 18.2. The van der Waals surface area contributed by atoms with Crippen molar-refractivity contribution in [2.75, 3.05) is 0 Å². The summed E-state index contributed by atoms with van der Waals surface area (Å²) in [6.45, 7) is 3.93. The van der Waals surface area contributed by atoms with Crippen LogP contribution in [0.2, 0.25) is 0 Å². The minimum atomic E-state index is 0.695. The Balaban J connectivity index is 1.81. The first-order chi connectivity index (χ1) is 7.40. The molecular weight excluding hydrogens is 188 g/mol. The topological polar surface area (TPSA) is 42.7 Å². The van der Waals surface area contributed by atoms with Crippen molar-refractivity contribution in [1.82, 2.24) is 20.1 Å². The molecule has 0 unspecified atom stereocenters. The van der Waals surface area contributed by atoms with Crippen LogP contribution in [0.4, 0.5) is 0 Å². The lowest BCUT2D eigenvalue weighted by Gasteiger charge is -2.22. The van der Waals surface area contributed by atoms with E-state index in [1.165, 1.54) is 32.1 Å². The minimum absolute atomic E-state index is 0.695. The highest BCUT2D eigenvalue weighted by atomic mass is 15.3. The molecule has 84 valence electrons. The Labute approximate surface area is 91.1 Å².